The lowest BCUT2D eigenvalue weighted by Gasteiger charge is -2.11. The van der Waals surface area contributed by atoms with E-state index in [0.717, 1.165) is 36.1 Å². The Kier molecular flexibility index (Phi) is 1.91. The van der Waals surface area contributed by atoms with Crippen LogP contribution in [-0.2, 0) is 0 Å². The van der Waals surface area contributed by atoms with Crippen LogP contribution >= 0.6 is 0 Å². The molecule has 0 saturated carbocycles. The summed E-state index contributed by atoms with van der Waals surface area (Å²) in [6, 6.07) is 8.69. The monoisotopic (exact) mass is 202 g/mol. The summed E-state index contributed by atoms with van der Waals surface area (Å²) in [4.78, 5) is 6.72. The second kappa shape index (κ2) is 3.26. The van der Waals surface area contributed by atoms with Crippen molar-refractivity contribution in [3.05, 3.63) is 24.3 Å². The Morgan fingerprint density at radius 3 is 3.00 bits per heavy atom. The molecule has 1 aliphatic heterocycles. The third kappa shape index (κ3) is 1.48. The highest BCUT2D eigenvalue weighted by atomic mass is 16.4. The minimum absolute atomic E-state index is 0.750. The van der Waals surface area contributed by atoms with Crippen molar-refractivity contribution in [3.8, 4) is 0 Å². The maximum Gasteiger partial charge on any atom is 0.298 e. The SMILES string of the molecule is C[C@@H]1CCN(c2nc3ccccc3o2)C1. The van der Waals surface area contributed by atoms with Gasteiger partial charge in [0, 0.05) is 13.1 Å². The summed E-state index contributed by atoms with van der Waals surface area (Å²) in [5.41, 5.74) is 1.83. The third-order valence-corrected chi connectivity index (χ3v) is 2.98. The van der Waals surface area contributed by atoms with E-state index in [-0.39, 0.29) is 0 Å². The molecule has 0 unspecified atom stereocenters. The molecular weight excluding hydrogens is 188 g/mol. The van der Waals surface area contributed by atoms with E-state index in [1.54, 1.807) is 0 Å². The molecule has 1 aliphatic rings. The van der Waals surface area contributed by atoms with Crippen LogP contribution in [0.1, 0.15) is 13.3 Å². The van der Waals surface area contributed by atoms with Crippen molar-refractivity contribution < 1.29 is 4.42 Å². The zero-order valence-corrected chi connectivity index (χ0v) is 8.81. The topological polar surface area (TPSA) is 29.3 Å². The lowest BCUT2D eigenvalue weighted by molar-refractivity contribution is 0.579. The van der Waals surface area contributed by atoms with Gasteiger partial charge in [0.1, 0.15) is 5.52 Å². The van der Waals surface area contributed by atoms with Gasteiger partial charge < -0.3 is 9.32 Å². The molecule has 3 rings (SSSR count). The Labute approximate surface area is 88.7 Å². The van der Waals surface area contributed by atoms with Crippen LogP contribution in [0.4, 0.5) is 6.01 Å². The van der Waals surface area contributed by atoms with Crippen molar-refractivity contribution in [1.29, 1.82) is 0 Å². The highest BCUT2D eigenvalue weighted by Crippen LogP contribution is 2.26. The van der Waals surface area contributed by atoms with Gasteiger partial charge in [0.05, 0.1) is 0 Å². The zero-order valence-electron chi connectivity index (χ0n) is 8.81. The molecule has 2 heterocycles. The molecule has 3 heteroatoms. The van der Waals surface area contributed by atoms with E-state index in [1.807, 2.05) is 24.3 Å². The van der Waals surface area contributed by atoms with Gasteiger partial charge in [0.25, 0.3) is 6.01 Å². The number of hydrogen-bond acceptors (Lipinski definition) is 3. The Balaban J connectivity index is 1.98. The smallest absolute Gasteiger partial charge is 0.298 e. The van der Waals surface area contributed by atoms with Gasteiger partial charge in [-0.2, -0.15) is 4.98 Å². The van der Waals surface area contributed by atoms with Crippen LogP contribution in [0.15, 0.2) is 28.7 Å². The van der Waals surface area contributed by atoms with Gasteiger partial charge in [-0.05, 0) is 24.5 Å². The maximum atomic E-state index is 5.72. The summed E-state index contributed by atoms with van der Waals surface area (Å²) in [6.07, 6.45) is 1.23. The van der Waals surface area contributed by atoms with Crippen molar-refractivity contribution >= 4 is 17.1 Å². The summed E-state index contributed by atoms with van der Waals surface area (Å²) >= 11 is 0. The number of para-hydroxylation sites is 2. The van der Waals surface area contributed by atoms with Crippen molar-refractivity contribution in [2.75, 3.05) is 18.0 Å². The molecule has 0 N–H and O–H groups in total. The van der Waals surface area contributed by atoms with E-state index in [1.165, 1.54) is 6.42 Å². The Morgan fingerprint density at radius 1 is 1.40 bits per heavy atom. The largest absolute Gasteiger partial charge is 0.423 e. The number of fused-ring (bicyclic) bond motifs is 1. The van der Waals surface area contributed by atoms with E-state index < -0.39 is 0 Å². The van der Waals surface area contributed by atoms with Crippen LogP contribution in [0.3, 0.4) is 0 Å². The van der Waals surface area contributed by atoms with Crippen molar-refractivity contribution in [2.45, 2.75) is 13.3 Å². The predicted octanol–water partition coefficient (Wildman–Crippen LogP) is 2.67. The van der Waals surface area contributed by atoms with Crippen molar-refractivity contribution in [3.63, 3.8) is 0 Å². The quantitative estimate of drug-likeness (QED) is 0.712. The fourth-order valence-corrected chi connectivity index (χ4v) is 2.10. The summed E-state index contributed by atoms with van der Waals surface area (Å²) in [5.74, 6) is 0.750. The molecule has 1 atom stereocenters. The summed E-state index contributed by atoms with van der Waals surface area (Å²) < 4.78 is 5.72. The lowest BCUT2D eigenvalue weighted by atomic mass is 10.2. The number of rotatable bonds is 1. The Bertz CT molecular complexity index is 444. The predicted molar refractivity (Wildman–Crippen MR) is 60.0 cm³/mol. The number of nitrogens with zero attached hydrogens (tertiary/aromatic N) is 2. The summed E-state index contributed by atoms with van der Waals surface area (Å²) in [5, 5.41) is 0. The lowest BCUT2D eigenvalue weighted by Crippen LogP contribution is -2.19. The van der Waals surface area contributed by atoms with E-state index in [9.17, 15) is 0 Å². The molecule has 1 aromatic heterocycles. The minimum Gasteiger partial charge on any atom is -0.423 e. The first-order valence-corrected chi connectivity index (χ1v) is 5.43. The van der Waals surface area contributed by atoms with Crippen molar-refractivity contribution in [2.24, 2.45) is 5.92 Å². The van der Waals surface area contributed by atoms with Gasteiger partial charge in [0.2, 0.25) is 0 Å². The number of aromatic nitrogens is 1. The van der Waals surface area contributed by atoms with Crippen LogP contribution < -0.4 is 4.90 Å². The highest BCUT2D eigenvalue weighted by Gasteiger charge is 2.22. The zero-order chi connectivity index (χ0) is 10.3. The molecule has 0 aliphatic carbocycles. The van der Waals surface area contributed by atoms with Crippen LogP contribution in [0.5, 0.6) is 0 Å². The Hall–Kier alpha value is -1.51. The average Bonchev–Trinajstić information content (AvgIpc) is 2.82. The number of oxazole rings is 1. The van der Waals surface area contributed by atoms with Crippen LogP contribution in [0, 0.1) is 5.92 Å². The number of anilines is 1. The molecule has 0 bridgehead atoms. The second-order valence-corrected chi connectivity index (χ2v) is 4.30. The van der Waals surface area contributed by atoms with Crippen LogP contribution in [0.2, 0.25) is 0 Å². The molecule has 0 amide bonds. The van der Waals surface area contributed by atoms with Crippen molar-refractivity contribution in [1.82, 2.24) is 4.98 Å². The van der Waals surface area contributed by atoms with Gasteiger partial charge in [0.15, 0.2) is 5.58 Å². The highest BCUT2D eigenvalue weighted by molar-refractivity contribution is 5.74. The second-order valence-electron chi connectivity index (χ2n) is 4.30. The van der Waals surface area contributed by atoms with E-state index >= 15 is 0 Å². The summed E-state index contributed by atoms with van der Waals surface area (Å²) in [6.45, 7) is 4.39. The Morgan fingerprint density at radius 2 is 2.27 bits per heavy atom. The molecule has 1 fully saturated rings. The fraction of sp³-hybridized carbons (Fsp3) is 0.417. The third-order valence-electron chi connectivity index (χ3n) is 2.98. The van der Waals surface area contributed by atoms with E-state index in [4.69, 9.17) is 4.42 Å². The molecule has 1 saturated heterocycles. The van der Waals surface area contributed by atoms with E-state index in [0.29, 0.717) is 0 Å². The first-order valence-electron chi connectivity index (χ1n) is 5.43. The van der Waals surface area contributed by atoms with Gasteiger partial charge in [-0.1, -0.05) is 19.1 Å². The van der Waals surface area contributed by atoms with Gasteiger partial charge >= 0.3 is 0 Å². The fourth-order valence-electron chi connectivity index (χ4n) is 2.10. The first kappa shape index (κ1) is 8.77. The summed E-state index contributed by atoms with van der Waals surface area (Å²) in [7, 11) is 0. The number of benzene rings is 1. The minimum atomic E-state index is 0.750. The molecule has 1 aromatic carbocycles. The van der Waals surface area contributed by atoms with Gasteiger partial charge in [-0.15, -0.1) is 0 Å². The molecular formula is C12H14N2O. The molecule has 15 heavy (non-hydrogen) atoms. The maximum absolute atomic E-state index is 5.72. The molecule has 0 spiro atoms. The van der Waals surface area contributed by atoms with Gasteiger partial charge in [-0.3, -0.25) is 0 Å². The molecule has 78 valence electrons. The standard InChI is InChI=1S/C12H14N2O/c1-9-6-7-14(8-9)12-13-10-4-2-3-5-11(10)15-12/h2-5,9H,6-8H2,1H3/t9-/m1/s1. The van der Waals surface area contributed by atoms with Crippen LogP contribution in [-0.4, -0.2) is 18.1 Å². The normalized spacial score (nSPS) is 21.4. The number of hydrogen-bond donors (Lipinski definition) is 0. The van der Waals surface area contributed by atoms with Crippen LogP contribution in [0.25, 0.3) is 11.1 Å². The average molecular weight is 202 g/mol. The first-order chi connectivity index (χ1) is 7.33. The molecule has 0 radical (unpaired) electrons. The molecule has 3 nitrogen and oxygen atoms in total. The van der Waals surface area contributed by atoms with E-state index in [2.05, 4.69) is 16.8 Å². The molecule has 2 aromatic rings. The van der Waals surface area contributed by atoms with Gasteiger partial charge in [-0.25, -0.2) is 0 Å².